The zero-order valence-corrected chi connectivity index (χ0v) is 12.3. The maximum absolute atomic E-state index is 13.8. The van der Waals surface area contributed by atoms with Crippen LogP contribution >= 0.6 is 0 Å². The predicted octanol–water partition coefficient (Wildman–Crippen LogP) is 3.34. The van der Waals surface area contributed by atoms with E-state index < -0.39 is 5.82 Å². The Labute approximate surface area is 123 Å². The van der Waals surface area contributed by atoms with Crippen molar-refractivity contribution in [3.8, 4) is 0 Å². The number of hydrogen-bond donors (Lipinski definition) is 0. The summed E-state index contributed by atoms with van der Waals surface area (Å²) in [5.41, 5.74) is 1.39. The fourth-order valence-corrected chi connectivity index (χ4v) is 3.14. The van der Waals surface area contributed by atoms with Crippen LogP contribution in [0.4, 0.5) is 8.78 Å². The van der Waals surface area contributed by atoms with Crippen molar-refractivity contribution in [2.75, 3.05) is 6.54 Å². The van der Waals surface area contributed by atoms with Gasteiger partial charge in [-0.25, -0.2) is 13.8 Å². The van der Waals surface area contributed by atoms with Gasteiger partial charge in [-0.3, -0.25) is 4.90 Å². The molecule has 112 valence electrons. The van der Waals surface area contributed by atoms with E-state index in [1.165, 1.54) is 12.1 Å². The van der Waals surface area contributed by atoms with Gasteiger partial charge >= 0.3 is 0 Å². The summed E-state index contributed by atoms with van der Waals surface area (Å²) in [4.78, 5) is 6.76. The minimum Gasteiger partial charge on any atom is -0.336 e. The number of aryl methyl sites for hydroxylation is 2. The molecule has 2 aromatic rings. The largest absolute Gasteiger partial charge is 0.336 e. The fraction of sp³-hybridized carbons (Fsp3) is 0.438. The first-order chi connectivity index (χ1) is 10.0. The summed E-state index contributed by atoms with van der Waals surface area (Å²) in [6, 6.07) is 3.81. The van der Waals surface area contributed by atoms with Crippen LogP contribution in [-0.4, -0.2) is 21.0 Å². The van der Waals surface area contributed by atoms with Gasteiger partial charge in [0.15, 0.2) is 0 Å². The van der Waals surface area contributed by atoms with Crippen LogP contribution in [0.25, 0.3) is 0 Å². The number of rotatable bonds is 3. The summed E-state index contributed by atoms with van der Waals surface area (Å²) in [6.45, 7) is 3.27. The molecule has 21 heavy (non-hydrogen) atoms. The molecule has 1 saturated heterocycles. The molecule has 0 spiro atoms. The van der Waals surface area contributed by atoms with Crippen molar-refractivity contribution in [3.63, 3.8) is 0 Å². The van der Waals surface area contributed by atoms with E-state index in [1.807, 2.05) is 24.7 Å². The Morgan fingerprint density at radius 2 is 2.14 bits per heavy atom. The van der Waals surface area contributed by atoms with Crippen LogP contribution in [0.3, 0.4) is 0 Å². The molecule has 5 heteroatoms. The number of halogens is 2. The number of nitrogens with zero attached hydrogens (tertiary/aromatic N) is 3. The Morgan fingerprint density at radius 3 is 2.86 bits per heavy atom. The molecule has 1 aromatic carbocycles. The molecular weight excluding hydrogens is 272 g/mol. The maximum Gasteiger partial charge on any atom is 0.127 e. The Kier molecular flexibility index (Phi) is 3.76. The molecule has 0 aliphatic carbocycles. The standard InChI is InChI=1S/C16H19F2N3/c1-11-9-20(2)16(19-11)15-4-3-7-21(15)10-12-8-13(17)5-6-14(12)18/h5-6,8-9,15H,3-4,7,10H2,1-2H3/t15-/m1/s1. The number of aromatic nitrogens is 2. The van der Waals surface area contributed by atoms with Gasteiger partial charge in [0.1, 0.15) is 17.5 Å². The van der Waals surface area contributed by atoms with Crippen LogP contribution in [0.1, 0.15) is 36.0 Å². The van der Waals surface area contributed by atoms with E-state index in [9.17, 15) is 8.78 Å². The first-order valence-corrected chi connectivity index (χ1v) is 7.22. The molecule has 1 aromatic heterocycles. The van der Waals surface area contributed by atoms with Gasteiger partial charge < -0.3 is 4.57 Å². The van der Waals surface area contributed by atoms with Gasteiger partial charge in [-0.15, -0.1) is 0 Å². The highest BCUT2D eigenvalue weighted by atomic mass is 19.1. The molecular formula is C16H19F2N3. The van der Waals surface area contributed by atoms with Gasteiger partial charge in [-0.05, 0) is 44.5 Å². The third kappa shape index (κ3) is 2.83. The molecule has 0 N–H and O–H groups in total. The molecule has 0 bridgehead atoms. The van der Waals surface area contributed by atoms with Crippen molar-refractivity contribution >= 4 is 0 Å². The van der Waals surface area contributed by atoms with E-state index in [4.69, 9.17) is 0 Å². The molecule has 3 nitrogen and oxygen atoms in total. The quantitative estimate of drug-likeness (QED) is 0.865. The first-order valence-electron chi connectivity index (χ1n) is 7.22. The normalized spacial score (nSPS) is 19.3. The molecule has 0 saturated carbocycles. The van der Waals surface area contributed by atoms with Crippen molar-refractivity contribution in [1.29, 1.82) is 0 Å². The fourth-order valence-electron chi connectivity index (χ4n) is 3.14. The first kappa shape index (κ1) is 14.2. The van der Waals surface area contributed by atoms with Gasteiger partial charge in [0.05, 0.1) is 11.7 Å². The summed E-state index contributed by atoms with van der Waals surface area (Å²) in [6.07, 6.45) is 4.04. The molecule has 1 fully saturated rings. The smallest absolute Gasteiger partial charge is 0.127 e. The highest BCUT2D eigenvalue weighted by Crippen LogP contribution is 2.32. The van der Waals surface area contributed by atoms with Crippen LogP contribution < -0.4 is 0 Å². The van der Waals surface area contributed by atoms with E-state index in [0.717, 1.165) is 37.0 Å². The van der Waals surface area contributed by atoms with Crippen molar-refractivity contribution in [2.24, 2.45) is 7.05 Å². The molecule has 0 radical (unpaired) electrons. The lowest BCUT2D eigenvalue weighted by Gasteiger charge is -2.24. The Bertz CT molecular complexity index is 651. The van der Waals surface area contributed by atoms with E-state index in [1.54, 1.807) is 0 Å². The lowest BCUT2D eigenvalue weighted by Crippen LogP contribution is -2.25. The van der Waals surface area contributed by atoms with E-state index >= 15 is 0 Å². The molecule has 0 unspecified atom stereocenters. The van der Waals surface area contributed by atoms with E-state index in [-0.39, 0.29) is 11.9 Å². The lowest BCUT2D eigenvalue weighted by molar-refractivity contribution is 0.233. The SMILES string of the molecule is Cc1cn(C)c([C@H]2CCCN2Cc2cc(F)ccc2F)n1. The number of imidazole rings is 1. The monoisotopic (exact) mass is 291 g/mol. The molecule has 0 amide bonds. The third-order valence-corrected chi connectivity index (χ3v) is 4.08. The minimum atomic E-state index is -0.394. The lowest BCUT2D eigenvalue weighted by atomic mass is 10.1. The second-order valence-corrected chi connectivity index (χ2v) is 5.72. The van der Waals surface area contributed by atoms with Gasteiger partial charge in [0.25, 0.3) is 0 Å². The molecule has 2 heterocycles. The number of likely N-dealkylation sites (tertiary alicyclic amines) is 1. The van der Waals surface area contributed by atoms with Crippen molar-refractivity contribution < 1.29 is 8.78 Å². The van der Waals surface area contributed by atoms with Gasteiger partial charge in [0.2, 0.25) is 0 Å². The molecule has 1 aliphatic heterocycles. The summed E-state index contributed by atoms with van der Waals surface area (Å²) in [7, 11) is 1.98. The maximum atomic E-state index is 13.8. The average Bonchev–Trinajstić information content (AvgIpc) is 3.00. The summed E-state index contributed by atoms with van der Waals surface area (Å²) in [5, 5.41) is 0. The van der Waals surface area contributed by atoms with Crippen LogP contribution in [0.2, 0.25) is 0 Å². The van der Waals surface area contributed by atoms with Crippen molar-refractivity contribution in [1.82, 2.24) is 14.5 Å². The Balaban J connectivity index is 1.84. The Morgan fingerprint density at radius 1 is 1.33 bits per heavy atom. The van der Waals surface area contributed by atoms with Crippen LogP contribution in [0.15, 0.2) is 24.4 Å². The highest BCUT2D eigenvalue weighted by molar-refractivity contribution is 5.19. The number of hydrogen-bond acceptors (Lipinski definition) is 2. The highest BCUT2D eigenvalue weighted by Gasteiger charge is 2.29. The van der Waals surface area contributed by atoms with Gasteiger partial charge in [-0.2, -0.15) is 0 Å². The van der Waals surface area contributed by atoms with Crippen LogP contribution in [-0.2, 0) is 13.6 Å². The zero-order chi connectivity index (χ0) is 15.0. The molecule has 1 aliphatic rings. The summed E-state index contributed by atoms with van der Waals surface area (Å²) in [5.74, 6) is 0.259. The predicted molar refractivity (Wildman–Crippen MR) is 76.7 cm³/mol. The third-order valence-electron chi connectivity index (χ3n) is 4.08. The van der Waals surface area contributed by atoms with E-state index in [0.29, 0.717) is 12.1 Å². The van der Waals surface area contributed by atoms with E-state index in [2.05, 4.69) is 9.88 Å². The molecule has 1 atom stereocenters. The second-order valence-electron chi connectivity index (χ2n) is 5.72. The Hall–Kier alpha value is -1.75. The van der Waals surface area contributed by atoms with Crippen LogP contribution in [0, 0.1) is 18.6 Å². The summed E-state index contributed by atoms with van der Waals surface area (Å²) >= 11 is 0. The topological polar surface area (TPSA) is 21.1 Å². The zero-order valence-electron chi connectivity index (χ0n) is 12.3. The minimum absolute atomic E-state index is 0.173. The second kappa shape index (κ2) is 5.56. The van der Waals surface area contributed by atoms with Gasteiger partial charge in [-0.1, -0.05) is 0 Å². The summed E-state index contributed by atoms with van der Waals surface area (Å²) < 4.78 is 29.2. The number of benzene rings is 1. The van der Waals surface area contributed by atoms with Crippen LogP contribution in [0.5, 0.6) is 0 Å². The van der Waals surface area contributed by atoms with Crippen molar-refractivity contribution in [2.45, 2.75) is 32.4 Å². The van der Waals surface area contributed by atoms with Crippen molar-refractivity contribution in [3.05, 3.63) is 53.1 Å². The average molecular weight is 291 g/mol. The van der Waals surface area contributed by atoms with Gasteiger partial charge in [0, 0.05) is 25.4 Å². The molecule has 3 rings (SSSR count).